The van der Waals surface area contributed by atoms with Gasteiger partial charge in [0, 0.05) is 31.1 Å². The van der Waals surface area contributed by atoms with E-state index in [-0.39, 0.29) is 27.8 Å². The van der Waals surface area contributed by atoms with E-state index < -0.39 is 0 Å². The average molecular weight is 464 g/mol. The monoisotopic (exact) mass is 463 g/mol. The standard InChI is InChI=1S/C24H38ClN5O2/c1-6-10-27-21(25)19(20(26)18-14-17(2)32-28-18)22(31)30-15-24(16-30)8-12-29(13-9-24)11-7-23(3,4)5/h14H,6-13,15-16,26H2,1-5H3/b20-19+,27-21?. The molecule has 1 amide bonds. The minimum Gasteiger partial charge on any atom is -0.396 e. The number of hydrogen-bond donors (Lipinski definition) is 1. The molecule has 0 aromatic carbocycles. The molecule has 8 heteroatoms. The largest absolute Gasteiger partial charge is 0.396 e. The lowest BCUT2D eigenvalue weighted by Crippen LogP contribution is -2.62. The molecular weight excluding hydrogens is 426 g/mol. The van der Waals surface area contributed by atoms with Crippen molar-refractivity contribution in [3.63, 3.8) is 0 Å². The summed E-state index contributed by atoms with van der Waals surface area (Å²) in [5.41, 5.74) is 7.77. The van der Waals surface area contributed by atoms with Gasteiger partial charge in [-0.3, -0.25) is 9.79 Å². The molecule has 0 saturated carbocycles. The van der Waals surface area contributed by atoms with Crippen molar-refractivity contribution in [1.82, 2.24) is 15.0 Å². The first kappa shape index (κ1) is 24.8. The van der Waals surface area contributed by atoms with Crippen molar-refractivity contribution in [2.24, 2.45) is 21.6 Å². The maximum atomic E-state index is 13.4. The van der Waals surface area contributed by atoms with Gasteiger partial charge in [-0.15, -0.1) is 0 Å². The highest BCUT2D eigenvalue weighted by Crippen LogP contribution is 2.41. The molecule has 3 rings (SSSR count). The summed E-state index contributed by atoms with van der Waals surface area (Å²) in [6.45, 7) is 16.0. The molecule has 2 N–H and O–H groups in total. The number of nitrogens with zero attached hydrogens (tertiary/aromatic N) is 4. The van der Waals surface area contributed by atoms with Crippen molar-refractivity contribution < 1.29 is 9.32 Å². The van der Waals surface area contributed by atoms with Gasteiger partial charge in [0.25, 0.3) is 5.91 Å². The number of halogens is 1. The molecule has 2 aliphatic heterocycles. The van der Waals surface area contributed by atoms with Gasteiger partial charge in [-0.1, -0.05) is 44.5 Å². The predicted molar refractivity (Wildman–Crippen MR) is 130 cm³/mol. The average Bonchev–Trinajstić information content (AvgIpc) is 3.15. The molecule has 0 bridgehead atoms. The van der Waals surface area contributed by atoms with E-state index in [9.17, 15) is 4.79 Å². The molecule has 32 heavy (non-hydrogen) atoms. The summed E-state index contributed by atoms with van der Waals surface area (Å²) in [6, 6.07) is 1.71. The molecule has 3 heterocycles. The maximum Gasteiger partial charge on any atom is 0.259 e. The van der Waals surface area contributed by atoms with Gasteiger partial charge < -0.3 is 20.1 Å². The number of amides is 1. The number of piperidine rings is 1. The quantitative estimate of drug-likeness (QED) is 0.486. The van der Waals surface area contributed by atoms with Crippen LogP contribution in [0.2, 0.25) is 0 Å². The molecular formula is C24H38ClN5O2. The molecule has 7 nitrogen and oxygen atoms in total. The van der Waals surface area contributed by atoms with Crippen LogP contribution in [0.15, 0.2) is 21.2 Å². The van der Waals surface area contributed by atoms with Crippen LogP contribution in [0.1, 0.15) is 64.8 Å². The van der Waals surface area contributed by atoms with Crippen LogP contribution in [0.3, 0.4) is 0 Å². The molecule has 2 saturated heterocycles. The van der Waals surface area contributed by atoms with E-state index >= 15 is 0 Å². The number of rotatable bonds is 7. The summed E-state index contributed by atoms with van der Waals surface area (Å²) in [5, 5.41) is 4.11. The molecule has 1 aromatic heterocycles. The third kappa shape index (κ3) is 5.93. The van der Waals surface area contributed by atoms with Gasteiger partial charge in [-0.25, -0.2) is 0 Å². The number of aromatic nitrogens is 1. The van der Waals surface area contributed by atoms with Gasteiger partial charge in [0.2, 0.25) is 0 Å². The van der Waals surface area contributed by atoms with Crippen molar-refractivity contribution >= 4 is 28.4 Å². The Labute approximate surface area is 197 Å². The fourth-order valence-electron chi connectivity index (χ4n) is 4.35. The van der Waals surface area contributed by atoms with Crippen LogP contribution in [-0.4, -0.2) is 65.3 Å². The van der Waals surface area contributed by atoms with Crippen molar-refractivity contribution in [3.05, 3.63) is 23.1 Å². The normalized spacial score (nSPS) is 20.3. The minimum atomic E-state index is -0.172. The van der Waals surface area contributed by atoms with Crippen molar-refractivity contribution in [2.45, 2.75) is 60.3 Å². The zero-order valence-electron chi connectivity index (χ0n) is 20.2. The van der Waals surface area contributed by atoms with E-state index in [1.165, 1.54) is 6.42 Å². The molecule has 0 radical (unpaired) electrons. The van der Waals surface area contributed by atoms with Crippen molar-refractivity contribution in [1.29, 1.82) is 0 Å². The van der Waals surface area contributed by atoms with Crippen molar-refractivity contribution in [3.8, 4) is 0 Å². The summed E-state index contributed by atoms with van der Waals surface area (Å²) in [4.78, 5) is 22.2. The SMILES string of the molecule is CCCN=C(Cl)/C(C(=O)N1CC2(CCN(CCC(C)(C)C)CC2)C1)=C(\N)c1cc(C)on1. The number of hydrogen-bond acceptors (Lipinski definition) is 6. The molecule has 178 valence electrons. The highest BCUT2D eigenvalue weighted by Gasteiger charge is 2.47. The Morgan fingerprint density at radius 2 is 1.97 bits per heavy atom. The molecule has 1 aromatic rings. The summed E-state index contributed by atoms with van der Waals surface area (Å²) in [6.07, 6.45) is 4.28. The molecule has 0 atom stereocenters. The third-order valence-corrected chi connectivity index (χ3v) is 6.81. The molecule has 0 aliphatic carbocycles. The third-order valence-electron chi connectivity index (χ3n) is 6.50. The Morgan fingerprint density at radius 3 is 2.50 bits per heavy atom. The number of carbonyl (C=O) groups excluding carboxylic acids is 1. The Bertz CT molecular complexity index is 867. The van der Waals surface area contributed by atoms with E-state index in [0.29, 0.717) is 23.4 Å². The second kappa shape index (κ2) is 9.96. The van der Waals surface area contributed by atoms with Crippen LogP contribution in [0, 0.1) is 17.8 Å². The minimum absolute atomic E-state index is 0.146. The van der Waals surface area contributed by atoms with Crippen LogP contribution >= 0.6 is 11.6 Å². The summed E-state index contributed by atoms with van der Waals surface area (Å²) < 4.78 is 5.14. The lowest BCUT2D eigenvalue weighted by molar-refractivity contribution is -0.141. The van der Waals surface area contributed by atoms with Gasteiger partial charge in [0.15, 0.2) is 0 Å². The van der Waals surface area contributed by atoms with Crippen LogP contribution in [0.5, 0.6) is 0 Å². The fourth-order valence-corrected chi connectivity index (χ4v) is 4.62. The van der Waals surface area contributed by atoms with Gasteiger partial charge >= 0.3 is 0 Å². The second-order valence-corrected chi connectivity index (χ2v) is 11.0. The van der Waals surface area contributed by atoms with Gasteiger partial charge in [-0.05, 0) is 57.7 Å². The van der Waals surface area contributed by atoms with Crippen LogP contribution in [-0.2, 0) is 4.79 Å². The van der Waals surface area contributed by atoms with E-state index in [1.54, 1.807) is 13.0 Å². The van der Waals surface area contributed by atoms with E-state index in [4.69, 9.17) is 21.9 Å². The first-order chi connectivity index (χ1) is 15.0. The fraction of sp³-hybridized carbons (Fsp3) is 0.708. The second-order valence-electron chi connectivity index (χ2n) is 10.6. The number of aryl methyl sites for hydroxylation is 1. The summed E-state index contributed by atoms with van der Waals surface area (Å²) in [7, 11) is 0. The summed E-state index contributed by atoms with van der Waals surface area (Å²) in [5.74, 6) is 0.450. The summed E-state index contributed by atoms with van der Waals surface area (Å²) >= 11 is 6.46. The van der Waals surface area contributed by atoms with Gasteiger partial charge in [-0.2, -0.15) is 0 Å². The molecule has 0 unspecified atom stereocenters. The Kier molecular flexibility index (Phi) is 7.71. The molecule has 1 spiro atoms. The smallest absolute Gasteiger partial charge is 0.259 e. The number of carbonyl (C=O) groups is 1. The number of likely N-dealkylation sites (tertiary alicyclic amines) is 2. The molecule has 2 fully saturated rings. The first-order valence-electron chi connectivity index (χ1n) is 11.7. The lowest BCUT2D eigenvalue weighted by atomic mass is 9.71. The zero-order chi connectivity index (χ0) is 23.5. The van der Waals surface area contributed by atoms with Crippen LogP contribution < -0.4 is 5.73 Å². The van der Waals surface area contributed by atoms with Crippen LogP contribution in [0.25, 0.3) is 5.70 Å². The zero-order valence-corrected chi connectivity index (χ0v) is 21.0. The Balaban J connectivity index is 1.67. The van der Waals surface area contributed by atoms with Crippen molar-refractivity contribution in [2.75, 3.05) is 39.3 Å². The number of nitrogens with two attached hydrogens (primary N) is 1. The molecule has 2 aliphatic rings. The lowest BCUT2D eigenvalue weighted by Gasteiger charge is -2.54. The number of aliphatic imine (C=N–C) groups is 1. The van der Waals surface area contributed by atoms with Gasteiger partial charge in [0.1, 0.15) is 22.2 Å². The van der Waals surface area contributed by atoms with Gasteiger partial charge in [0.05, 0.1) is 5.70 Å². The highest BCUT2D eigenvalue weighted by molar-refractivity contribution is 6.73. The highest BCUT2D eigenvalue weighted by atomic mass is 35.5. The first-order valence-corrected chi connectivity index (χ1v) is 12.1. The Hall–Kier alpha value is -1.86. The van der Waals surface area contributed by atoms with Crippen LogP contribution in [0.4, 0.5) is 0 Å². The topological polar surface area (TPSA) is 88.0 Å². The predicted octanol–water partition coefficient (Wildman–Crippen LogP) is 4.06. The maximum absolute atomic E-state index is 13.4. The Morgan fingerprint density at radius 1 is 1.31 bits per heavy atom. The van der Waals surface area contributed by atoms with E-state index in [2.05, 4.69) is 35.8 Å². The van der Waals surface area contributed by atoms with E-state index in [1.807, 2.05) is 11.8 Å². The van der Waals surface area contributed by atoms with E-state index in [0.717, 1.165) is 52.0 Å².